The van der Waals surface area contributed by atoms with Gasteiger partial charge in [0.05, 0.1) is 0 Å². The normalized spacial score (nSPS) is 27.9. The second-order valence-electron chi connectivity index (χ2n) is 3.87. The van der Waals surface area contributed by atoms with Crippen molar-refractivity contribution in [3.63, 3.8) is 0 Å². The molecule has 0 unspecified atom stereocenters. The molecule has 2 aliphatic heterocycles. The summed E-state index contributed by atoms with van der Waals surface area (Å²) in [5, 5.41) is 0. The van der Waals surface area contributed by atoms with Crippen LogP contribution in [0.15, 0.2) is 24.0 Å². The van der Waals surface area contributed by atoms with Crippen LogP contribution in [0.2, 0.25) is 0 Å². The fourth-order valence-electron chi connectivity index (χ4n) is 1.56. The first-order chi connectivity index (χ1) is 7.28. The smallest absolute Gasteiger partial charge is 0.274 e. The molecule has 0 saturated carbocycles. The van der Waals surface area contributed by atoms with Crippen molar-refractivity contribution in [2.24, 2.45) is 5.41 Å². The molecule has 0 radical (unpaired) electrons. The van der Waals surface area contributed by atoms with Gasteiger partial charge < -0.3 is 18.9 Å². The van der Waals surface area contributed by atoms with E-state index in [4.69, 9.17) is 18.9 Å². The summed E-state index contributed by atoms with van der Waals surface area (Å²) in [4.78, 5) is 0. The molecule has 0 bridgehead atoms. The van der Waals surface area contributed by atoms with Crippen molar-refractivity contribution in [3.8, 4) is 0 Å². The molecule has 4 nitrogen and oxygen atoms in total. The summed E-state index contributed by atoms with van der Waals surface area (Å²) >= 11 is 0. The summed E-state index contributed by atoms with van der Waals surface area (Å²) in [6, 6.07) is 0. The van der Waals surface area contributed by atoms with E-state index in [1.54, 1.807) is 0 Å². The van der Waals surface area contributed by atoms with Gasteiger partial charge in [0.2, 0.25) is 0 Å². The SMILES string of the molecule is C.CC=C1OCC2(CO1)COC(=CC)OC2. The summed E-state index contributed by atoms with van der Waals surface area (Å²) in [5.41, 5.74) is -0.154. The fourth-order valence-corrected chi connectivity index (χ4v) is 1.56. The molecule has 0 amide bonds. The van der Waals surface area contributed by atoms with E-state index in [0.717, 1.165) is 0 Å². The van der Waals surface area contributed by atoms with Crippen LogP contribution in [0.25, 0.3) is 0 Å². The highest BCUT2D eigenvalue weighted by Gasteiger charge is 2.41. The molecule has 4 heteroatoms. The van der Waals surface area contributed by atoms with E-state index in [1.807, 2.05) is 26.0 Å². The van der Waals surface area contributed by atoms with Gasteiger partial charge in [-0.3, -0.25) is 0 Å². The van der Waals surface area contributed by atoms with E-state index >= 15 is 0 Å². The topological polar surface area (TPSA) is 36.9 Å². The van der Waals surface area contributed by atoms with Crippen LogP contribution in [0.5, 0.6) is 0 Å². The monoisotopic (exact) mass is 228 g/mol. The Morgan fingerprint density at radius 2 is 1.12 bits per heavy atom. The van der Waals surface area contributed by atoms with Crippen LogP contribution in [-0.2, 0) is 18.9 Å². The third kappa shape index (κ3) is 2.43. The third-order valence-electron chi connectivity index (χ3n) is 2.55. The molecule has 2 saturated heterocycles. The van der Waals surface area contributed by atoms with Crippen LogP contribution >= 0.6 is 0 Å². The highest BCUT2D eigenvalue weighted by atomic mass is 16.7. The van der Waals surface area contributed by atoms with Gasteiger partial charge in [0.15, 0.2) is 0 Å². The first-order valence-electron chi connectivity index (χ1n) is 5.12. The number of hydrogen-bond donors (Lipinski definition) is 0. The average molecular weight is 228 g/mol. The first kappa shape index (κ1) is 12.7. The van der Waals surface area contributed by atoms with E-state index in [2.05, 4.69) is 0 Å². The van der Waals surface area contributed by atoms with E-state index in [0.29, 0.717) is 38.3 Å². The first-order valence-corrected chi connectivity index (χ1v) is 5.12. The van der Waals surface area contributed by atoms with Gasteiger partial charge in [-0.1, -0.05) is 7.43 Å². The summed E-state index contributed by atoms with van der Waals surface area (Å²) in [7, 11) is 0. The Morgan fingerprint density at radius 1 is 0.812 bits per heavy atom. The van der Waals surface area contributed by atoms with Gasteiger partial charge in [0, 0.05) is 0 Å². The molecule has 2 heterocycles. The van der Waals surface area contributed by atoms with E-state index < -0.39 is 0 Å². The van der Waals surface area contributed by atoms with Crippen molar-refractivity contribution in [2.45, 2.75) is 21.3 Å². The number of allylic oxidation sites excluding steroid dienone is 2. The lowest BCUT2D eigenvalue weighted by molar-refractivity contribution is -0.185. The lowest BCUT2D eigenvalue weighted by atomic mass is 9.91. The Balaban J connectivity index is 0.00000128. The maximum atomic E-state index is 5.45. The van der Waals surface area contributed by atoms with E-state index in [9.17, 15) is 0 Å². The Hall–Kier alpha value is -1.32. The minimum Gasteiger partial charge on any atom is -0.465 e. The summed E-state index contributed by atoms with van der Waals surface area (Å²) < 4.78 is 21.8. The third-order valence-corrected chi connectivity index (χ3v) is 2.55. The highest BCUT2D eigenvalue weighted by Crippen LogP contribution is 2.31. The van der Waals surface area contributed by atoms with Crippen LogP contribution in [0, 0.1) is 5.41 Å². The summed E-state index contributed by atoms with van der Waals surface area (Å²) in [6.45, 7) is 6.12. The Labute approximate surface area is 96.8 Å². The predicted molar refractivity (Wildman–Crippen MR) is 60.5 cm³/mol. The van der Waals surface area contributed by atoms with Gasteiger partial charge in [-0.05, 0) is 26.0 Å². The molecule has 0 atom stereocenters. The van der Waals surface area contributed by atoms with Crippen molar-refractivity contribution >= 4 is 0 Å². The van der Waals surface area contributed by atoms with E-state index in [1.165, 1.54) is 0 Å². The van der Waals surface area contributed by atoms with Gasteiger partial charge in [-0.15, -0.1) is 0 Å². The zero-order valence-corrected chi connectivity index (χ0v) is 9.12. The maximum Gasteiger partial charge on any atom is 0.274 e. The molecule has 16 heavy (non-hydrogen) atoms. The molecule has 0 aliphatic carbocycles. The largest absolute Gasteiger partial charge is 0.465 e. The quantitative estimate of drug-likeness (QED) is 0.638. The molecule has 2 aliphatic rings. The summed E-state index contributed by atoms with van der Waals surface area (Å²) in [5.74, 6) is 1.19. The van der Waals surface area contributed by atoms with Crippen molar-refractivity contribution in [2.75, 3.05) is 26.4 Å². The van der Waals surface area contributed by atoms with Crippen LogP contribution < -0.4 is 0 Å². The van der Waals surface area contributed by atoms with Gasteiger partial charge in [0.1, 0.15) is 31.8 Å². The molecular formula is C12H20O4. The van der Waals surface area contributed by atoms with Crippen molar-refractivity contribution < 1.29 is 18.9 Å². The number of hydrogen-bond acceptors (Lipinski definition) is 4. The second kappa shape index (κ2) is 5.14. The number of ether oxygens (including phenoxy) is 4. The van der Waals surface area contributed by atoms with Crippen molar-refractivity contribution in [1.82, 2.24) is 0 Å². The molecule has 1 spiro atoms. The Morgan fingerprint density at radius 3 is 1.38 bits per heavy atom. The van der Waals surface area contributed by atoms with Crippen LogP contribution in [0.3, 0.4) is 0 Å². The Kier molecular flexibility index (Phi) is 4.10. The molecule has 0 N–H and O–H groups in total. The Bertz CT molecular complexity index is 240. The molecule has 92 valence electrons. The second-order valence-corrected chi connectivity index (χ2v) is 3.87. The molecule has 0 aromatic rings. The maximum absolute atomic E-state index is 5.45. The molecule has 0 aromatic carbocycles. The lowest BCUT2D eigenvalue weighted by Gasteiger charge is -2.40. The van der Waals surface area contributed by atoms with E-state index in [-0.39, 0.29) is 12.8 Å². The number of rotatable bonds is 0. The average Bonchev–Trinajstić information content (AvgIpc) is 2.31. The molecule has 0 aromatic heterocycles. The summed E-state index contributed by atoms with van der Waals surface area (Å²) in [6.07, 6.45) is 3.63. The minimum absolute atomic E-state index is 0. The minimum atomic E-state index is -0.154. The highest BCUT2D eigenvalue weighted by molar-refractivity contribution is 4.95. The van der Waals surface area contributed by atoms with Gasteiger partial charge in [-0.2, -0.15) is 0 Å². The zero-order chi connectivity index (χ0) is 10.7. The van der Waals surface area contributed by atoms with Gasteiger partial charge >= 0.3 is 0 Å². The molecular weight excluding hydrogens is 208 g/mol. The predicted octanol–water partition coefficient (Wildman–Crippen LogP) is 2.43. The fraction of sp³-hybridized carbons (Fsp3) is 0.667. The van der Waals surface area contributed by atoms with Crippen LogP contribution in [-0.4, -0.2) is 26.4 Å². The zero-order valence-electron chi connectivity index (χ0n) is 9.12. The van der Waals surface area contributed by atoms with Crippen molar-refractivity contribution in [1.29, 1.82) is 0 Å². The van der Waals surface area contributed by atoms with Gasteiger partial charge in [0.25, 0.3) is 11.9 Å². The van der Waals surface area contributed by atoms with Gasteiger partial charge in [-0.25, -0.2) is 0 Å². The van der Waals surface area contributed by atoms with Crippen LogP contribution in [0.1, 0.15) is 21.3 Å². The molecule has 2 rings (SSSR count). The van der Waals surface area contributed by atoms with Crippen molar-refractivity contribution in [3.05, 3.63) is 24.0 Å². The van der Waals surface area contributed by atoms with Crippen LogP contribution in [0.4, 0.5) is 0 Å². The standard InChI is InChI=1S/C11H16O4.CH4/c1-3-9-12-5-11(6-13-9)7-14-10(4-2)15-8-11;/h3-4H,5-8H2,1-2H3;1H4. The lowest BCUT2D eigenvalue weighted by Crippen LogP contribution is -2.46. The molecule has 2 fully saturated rings.